The Morgan fingerprint density at radius 3 is 2.73 bits per heavy atom. The molecule has 1 aliphatic rings. The molecule has 0 aliphatic carbocycles. The van der Waals surface area contributed by atoms with Gasteiger partial charge in [-0.15, -0.1) is 0 Å². The molecule has 1 aromatic rings. The Bertz CT molecular complexity index is 306. The maximum absolute atomic E-state index is 5.95. The van der Waals surface area contributed by atoms with Crippen LogP contribution < -0.4 is 5.73 Å². The second-order valence-corrected chi connectivity index (χ2v) is 4.41. The van der Waals surface area contributed by atoms with Gasteiger partial charge in [0, 0.05) is 18.9 Å². The number of rotatable bonds is 3. The molecular formula is C12H19N3. The number of likely N-dealkylation sites (tertiary alicyclic amines) is 1. The van der Waals surface area contributed by atoms with Crippen LogP contribution in [0.2, 0.25) is 0 Å². The minimum atomic E-state index is -0.0369. The number of pyridine rings is 1. The summed E-state index contributed by atoms with van der Waals surface area (Å²) in [5.74, 6) is 0. The highest BCUT2D eigenvalue weighted by molar-refractivity contribution is 5.21. The van der Waals surface area contributed by atoms with Gasteiger partial charge in [-0.25, -0.2) is 0 Å². The molecule has 3 nitrogen and oxygen atoms in total. The topological polar surface area (TPSA) is 42.1 Å². The zero-order valence-corrected chi connectivity index (χ0v) is 9.32. The standard InChI is InChI=1S/C12H19N3/c1-12(10-13,15-7-2-3-8-15)11-5-4-6-14-9-11/h4-6,9H,2-3,7-8,10,13H2,1H3. The van der Waals surface area contributed by atoms with E-state index in [-0.39, 0.29) is 5.54 Å². The van der Waals surface area contributed by atoms with E-state index in [4.69, 9.17) is 5.73 Å². The molecule has 1 aliphatic heterocycles. The first-order chi connectivity index (χ1) is 7.27. The summed E-state index contributed by atoms with van der Waals surface area (Å²) in [4.78, 5) is 6.66. The lowest BCUT2D eigenvalue weighted by molar-refractivity contribution is 0.143. The highest BCUT2D eigenvalue weighted by Gasteiger charge is 2.33. The molecule has 0 radical (unpaired) electrons. The molecule has 2 heterocycles. The summed E-state index contributed by atoms with van der Waals surface area (Å²) in [5, 5.41) is 0. The molecule has 15 heavy (non-hydrogen) atoms. The van der Waals surface area contributed by atoms with E-state index in [0.29, 0.717) is 6.54 Å². The molecule has 0 aromatic carbocycles. The van der Waals surface area contributed by atoms with Crippen molar-refractivity contribution in [3.05, 3.63) is 30.1 Å². The number of nitrogens with zero attached hydrogens (tertiary/aromatic N) is 2. The summed E-state index contributed by atoms with van der Waals surface area (Å²) < 4.78 is 0. The van der Waals surface area contributed by atoms with Gasteiger partial charge in [-0.2, -0.15) is 0 Å². The summed E-state index contributed by atoms with van der Waals surface area (Å²) in [5.41, 5.74) is 7.14. The first-order valence-electron chi connectivity index (χ1n) is 5.63. The van der Waals surface area contributed by atoms with Crippen LogP contribution in [0, 0.1) is 0 Å². The van der Waals surface area contributed by atoms with Gasteiger partial charge in [-0.05, 0) is 44.5 Å². The highest BCUT2D eigenvalue weighted by atomic mass is 15.2. The Morgan fingerprint density at radius 2 is 2.20 bits per heavy atom. The Labute approximate surface area is 91.3 Å². The first-order valence-corrected chi connectivity index (χ1v) is 5.63. The predicted octanol–water partition coefficient (Wildman–Crippen LogP) is 1.35. The minimum absolute atomic E-state index is 0.0369. The molecule has 3 heteroatoms. The van der Waals surface area contributed by atoms with Crippen molar-refractivity contribution in [2.75, 3.05) is 19.6 Å². The molecule has 0 amide bonds. The van der Waals surface area contributed by atoms with E-state index in [2.05, 4.69) is 22.9 Å². The molecule has 1 aromatic heterocycles. The smallest absolute Gasteiger partial charge is 0.0570 e. The SMILES string of the molecule is CC(CN)(c1cccnc1)N1CCCC1. The van der Waals surface area contributed by atoms with E-state index in [0.717, 1.165) is 13.1 Å². The Kier molecular flexibility index (Phi) is 3.03. The number of hydrogen-bond donors (Lipinski definition) is 1. The molecule has 1 unspecified atom stereocenters. The van der Waals surface area contributed by atoms with Crippen molar-refractivity contribution in [2.24, 2.45) is 5.73 Å². The largest absolute Gasteiger partial charge is 0.328 e. The normalized spacial score (nSPS) is 21.5. The fourth-order valence-electron chi connectivity index (χ4n) is 2.32. The van der Waals surface area contributed by atoms with Crippen LogP contribution in [0.15, 0.2) is 24.5 Å². The second kappa shape index (κ2) is 4.29. The summed E-state index contributed by atoms with van der Waals surface area (Å²) in [6.07, 6.45) is 6.32. The number of nitrogens with two attached hydrogens (primary N) is 1. The van der Waals surface area contributed by atoms with E-state index in [9.17, 15) is 0 Å². The van der Waals surface area contributed by atoms with Crippen LogP contribution in [-0.4, -0.2) is 29.5 Å². The molecular weight excluding hydrogens is 186 g/mol. The highest BCUT2D eigenvalue weighted by Crippen LogP contribution is 2.29. The molecule has 2 rings (SSSR count). The molecule has 0 bridgehead atoms. The van der Waals surface area contributed by atoms with Gasteiger partial charge in [-0.1, -0.05) is 6.07 Å². The number of hydrogen-bond acceptors (Lipinski definition) is 3. The molecule has 0 saturated carbocycles. The second-order valence-electron chi connectivity index (χ2n) is 4.41. The third kappa shape index (κ3) is 1.90. The van der Waals surface area contributed by atoms with Crippen LogP contribution in [-0.2, 0) is 5.54 Å². The van der Waals surface area contributed by atoms with E-state index < -0.39 is 0 Å². The third-order valence-corrected chi connectivity index (χ3v) is 3.48. The van der Waals surface area contributed by atoms with Gasteiger partial charge < -0.3 is 5.73 Å². The van der Waals surface area contributed by atoms with Crippen LogP contribution >= 0.6 is 0 Å². The van der Waals surface area contributed by atoms with Gasteiger partial charge in [0.2, 0.25) is 0 Å². The average Bonchev–Trinajstić information content (AvgIpc) is 2.83. The van der Waals surface area contributed by atoms with Crippen molar-refractivity contribution in [3.8, 4) is 0 Å². The van der Waals surface area contributed by atoms with Gasteiger partial charge >= 0.3 is 0 Å². The quantitative estimate of drug-likeness (QED) is 0.810. The van der Waals surface area contributed by atoms with Crippen molar-refractivity contribution < 1.29 is 0 Å². The first kappa shape index (κ1) is 10.6. The summed E-state index contributed by atoms with van der Waals surface area (Å²) in [6, 6.07) is 4.11. The Balaban J connectivity index is 2.28. The monoisotopic (exact) mass is 205 g/mol. The third-order valence-electron chi connectivity index (χ3n) is 3.48. The van der Waals surface area contributed by atoms with Crippen molar-refractivity contribution >= 4 is 0 Å². The molecule has 82 valence electrons. The predicted molar refractivity (Wildman–Crippen MR) is 61.5 cm³/mol. The van der Waals surface area contributed by atoms with E-state index in [1.54, 1.807) is 0 Å². The Morgan fingerprint density at radius 1 is 1.47 bits per heavy atom. The van der Waals surface area contributed by atoms with E-state index >= 15 is 0 Å². The maximum atomic E-state index is 5.95. The maximum Gasteiger partial charge on any atom is 0.0570 e. The van der Waals surface area contributed by atoms with Crippen LogP contribution in [0.3, 0.4) is 0 Å². The molecule has 2 N–H and O–H groups in total. The van der Waals surface area contributed by atoms with Crippen molar-refractivity contribution in [1.29, 1.82) is 0 Å². The summed E-state index contributed by atoms with van der Waals surface area (Å²) >= 11 is 0. The fourth-order valence-corrected chi connectivity index (χ4v) is 2.32. The van der Waals surface area contributed by atoms with Gasteiger partial charge in [0.05, 0.1) is 5.54 Å². The van der Waals surface area contributed by atoms with Crippen LogP contribution in [0.5, 0.6) is 0 Å². The molecule has 1 saturated heterocycles. The fraction of sp³-hybridized carbons (Fsp3) is 0.583. The molecule has 1 fully saturated rings. The summed E-state index contributed by atoms with van der Waals surface area (Å²) in [6.45, 7) is 5.18. The van der Waals surface area contributed by atoms with Crippen LogP contribution in [0.4, 0.5) is 0 Å². The van der Waals surface area contributed by atoms with Gasteiger partial charge in [0.1, 0.15) is 0 Å². The lowest BCUT2D eigenvalue weighted by Gasteiger charge is -2.38. The van der Waals surface area contributed by atoms with Crippen LogP contribution in [0.25, 0.3) is 0 Å². The minimum Gasteiger partial charge on any atom is -0.328 e. The average molecular weight is 205 g/mol. The van der Waals surface area contributed by atoms with Gasteiger partial charge in [-0.3, -0.25) is 9.88 Å². The van der Waals surface area contributed by atoms with Crippen molar-refractivity contribution in [3.63, 3.8) is 0 Å². The number of aromatic nitrogens is 1. The van der Waals surface area contributed by atoms with Crippen molar-refractivity contribution in [2.45, 2.75) is 25.3 Å². The lowest BCUT2D eigenvalue weighted by Crippen LogP contribution is -2.47. The van der Waals surface area contributed by atoms with Crippen molar-refractivity contribution in [1.82, 2.24) is 9.88 Å². The zero-order chi connectivity index (χ0) is 10.7. The molecule has 1 atom stereocenters. The molecule has 0 spiro atoms. The summed E-state index contributed by atoms with van der Waals surface area (Å²) in [7, 11) is 0. The van der Waals surface area contributed by atoms with Crippen LogP contribution in [0.1, 0.15) is 25.3 Å². The zero-order valence-electron chi connectivity index (χ0n) is 9.32. The van der Waals surface area contributed by atoms with E-state index in [1.165, 1.54) is 18.4 Å². The van der Waals surface area contributed by atoms with Gasteiger partial charge in [0.15, 0.2) is 0 Å². The van der Waals surface area contributed by atoms with E-state index in [1.807, 2.05) is 18.5 Å². The van der Waals surface area contributed by atoms with Gasteiger partial charge in [0.25, 0.3) is 0 Å². The lowest BCUT2D eigenvalue weighted by atomic mass is 9.92. The Hall–Kier alpha value is -0.930.